The van der Waals surface area contributed by atoms with Crippen LogP contribution >= 0.6 is 12.6 Å². The van der Waals surface area contributed by atoms with E-state index in [1.54, 1.807) is 0 Å². The van der Waals surface area contributed by atoms with Crippen molar-refractivity contribution in [3.05, 3.63) is 0 Å². The quantitative estimate of drug-likeness (QED) is 0.497. The lowest BCUT2D eigenvalue weighted by Crippen LogP contribution is -2.38. The number of aliphatic hydroxyl groups excluding tert-OH is 1. The van der Waals surface area contributed by atoms with E-state index < -0.39 is 0 Å². The van der Waals surface area contributed by atoms with Gasteiger partial charge in [-0.25, -0.2) is 0 Å². The van der Waals surface area contributed by atoms with Crippen molar-refractivity contribution in [1.82, 2.24) is 0 Å². The summed E-state index contributed by atoms with van der Waals surface area (Å²) in [5.41, 5.74) is 0.218. The molecule has 1 N–H and O–H groups in total. The molecule has 69 valence electrons. The Hall–Kier alpha value is 0.375. The van der Waals surface area contributed by atoms with Crippen LogP contribution in [0.4, 0.5) is 0 Å². The third-order valence-corrected chi connectivity index (χ3v) is 3.94. The van der Waals surface area contributed by atoms with E-state index in [1.807, 2.05) is 6.82 Å². The first kappa shape index (κ1) is 10.5. The lowest BCUT2D eigenvalue weighted by atomic mass is 9.59. The van der Waals surface area contributed by atoms with E-state index in [0.29, 0.717) is 5.15 Å². The summed E-state index contributed by atoms with van der Waals surface area (Å²) in [6.07, 6.45) is 4.12. The summed E-state index contributed by atoms with van der Waals surface area (Å²) in [5.74, 6) is 0. The van der Waals surface area contributed by atoms with E-state index in [0.717, 1.165) is 19.3 Å². The Balaban J connectivity index is 2.56. The largest absolute Gasteiger partial charge is 0.393 e. The molecule has 0 bridgehead atoms. The Labute approximate surface area is 81.6 Å². The van der Waals surface area contributed by atoms with Crippen molar-refractivity contribution < 1.29 is 5.11 Å². The van der Waals surface area contributed by atoms with E-state index >= 15 is 0 Å². The fourth-order valence-electron chi connectivity index (χ4n) is 2.15. The highest BCUT2D eigenvalue weighted by molar-refractivity contribution is 7.82. The molecule has 1 aliphatic carbocycles. The lowest BCUT2D eigenvalue weighted by molar-refractivity contribution is 0.0641. The van der Waals surface area contributed by atoms with Crippen LogP contribution in [-0.2, 0) is 0 Å². The molecule has 3 atom stereocenters. The minimum Gasteiger partial charge on any atom is -0.393 e. The van der Waals surface area contributed by atoms with Gasteiger partial charge in [0.15, 0.2) is 0 Å². The Bertz CT molecular complexity index is 153. The monoisotopic (exact) mass is 185 g/mol. The summed E-state index contributed by atoms with van der Waals surface area (Å²) in [5, 5.41) is 9.87. The zero-order valence-electron chi connectivity index (χ0n) is 7.95. The molecular formula is C9H18BOS. The van der Waals surface area contributed by atoms with Gasteiger partial charge in [0, 0.05) is 0 Å². The molecule has 3 unspecified atom stereocenters. The Morgan fingerprint density at radius 1 is 1.67 bits per heavy atom. The van der Waals surface area contributed by atoms with Crippen molar-refractivity contribution in [2.24, 2.45) is 5.41 Å². The van der Waals surface area contributed by atoms with Crippen molar-refractivity contribution in [1.29, 1.82) is 0 Å². The summed E-state index contributed by atoms with van der Waals surface area (Å²) in [7, 11) is 2.13. The first-order valence-electron chi connectivity index (χ1n) is 4.74. The van der Waals surface area contributed by atoms with Gasteiger partial charge in [-0.1, -0.05) is 20.2 Å². The molecule has 1 rings (SSSR count). The van der Waals surface area contributed by atoms with Crippen LogP contribution < -0.4 is 0 Å². The average molecular weight is 185 g/mol. The molecule has 12 heavy (non-hydrogen) atoms. The highest BCUT2D eigenvalue weighted by Crippen LogP contribution is 2.40. The molecule has 0 aromatic carbocycles. The third kappa shape index (κ3) is 2.20. The van der Waals surface area contributed by atoms with Gasteiger partial charge >= 0.3 is 0 Å². The molecule has 0 heterocycles. The van der Waals surface area contributed by atoms with Crippen LogP contribution in [0.3, 0.4) is 0 Å². The van der Waals surface area contributed by atoms with Crippen LogP contribution in [0, 0.1) is 5.41 Å². The lowest BCUT2D eigenvalue weighted by Gasteiger charge is -2.40. The molecule has 0 aromatic rings. The average Bonchev–Trinajstić information content (AvgIpc) is 2.02. The maximum absolute atomic E-state index is 9.54. The van der Waals surface area contributed by atoms with E-state index in [9.17, 15) is 5.11 Å². The summed E-state index contributed by atoms with van der Waals surface area (Å²) >= 11 is 4.53. The fourth-order valence-corrected chi connectivity index (χ4v) is 2.39. The Morgan fingerprint density at radius 3 is 2.83 bits per heavy atom. The topological polar surface area (TPSA) is 20.2 Å². The van der Waals surface area contributed by atoms with E-state index in [-0.39, 0.29) is 11.5 Å². The van der Waals surface area contributed by atoms with Gasteiger partial charge in [0.25, 0.3) is 0 Å². The molecule has 0 aromatic heterocycles. The maximum Gasteiger partial charge on any atom is 0.124 e. The molecule has 1 saturated carbocycles. The number of aliphatic hydroxyl groups is 1. The van der Waals surface area contributed by atoms with Gasteiger partial charge in [0.05, 0.1) is 6.10 Å². The zero-order valence-corrected chi connectivity index (χ0v) is 8.85. The van der Waals surface area contributed by atoms with Gasteiger partial charge < -0.3 is 5.11 Å². The Kier molecular flexibility index (Phi) is 3.53. The summed E-state index contributed by atoms with van der Waals surface area (Å²) in [4.78, 5) is 0. The maximum atomic E-state index is 9.54. The van der Waals surface area contributed by atoms with Gasteiger partial charge in [0.2, 0.25) is 0 Å². The second-order valence-electron chi connectivity index (χ2n) is 4.18. The predicted octanol–water partition coefficient (Wildman–Crippen LogP) is 1.94. The van der Waals surface area contributed by atoms with Crippen LogP contribution in [0.15, 0.2) is 0 Å². The normalized spacial score (nSPS) is 39.2. The van der Waals surface area contributed by atoms with Crippen LogP contribution in [-0.4, -0.2) is 23.6 Å². The highest BCUT2D eigenvalue weighted by Gasteiger charge is 2.35. The highest BCUT2D eigenvalue weighted by atomic mass is 32.1. The summed E-state index contributed by atoms with van der Waals surface area (Å²) in [6, 6.07) is 0. The van der Waals surface area contributed by atoms with Gasteiger partial charge in [-0.2, -0.15) is 12.6 Å². The minimum atomic E-state index is -0.0988. The van der Waals surface area contributed by atoms with Crippen molar-refractivity contribution in [2.45, 2.75) is 50.7 Å². The smallest absolute Gasteiger partial charge is 0.124 e. The summed E-state index contributed by atoms with van der Waals surface area (Å²) < 4.78 is 0. The van der Waals surface area contributed by atoms with Gasteiger partial charge in [-0.05, 0) is 29.8 Å². The van der Waals surface area contributed by atoms with Crippen molar-refractivity contribution in [3.8, 4) is 0 Å². The fraction of sp³-hybridized carbons (Fsp3) is 1.00. The SMILES string of the molecule is C[B]C(S)C1(C)CCCC(O)C1. The number of hydrogen-bond acceptors (Lipinski definition) is 2. The molecule has 3 heteroatoms. The molecule has 0 aliphatic heterocycles. The first-order chi connectivity index (χ1) is 5.58. The van der Waals surface area contributed by atoms with Gasteiger partial charge in [-0.3, -0.25) is 0 Å². The van der Waals surface area contributed by atoms with Crippen molar-refractivity contribution in [3.63, 3.8) is 0 Å². The summed E-state index contributed by atoms with van der Waals surface area (Å²) in [6.45, 7) is 4.27. The third-order valence-electron chi connectivity index (χ3n) is 3.02. The van der Waals surface area contributed by atoms with Crippen LogP contribution in [0.25, 0.3) is 0 Å². The standard InChI is InChI=1S/C9H18BOS/c1-9(8(12)10-2)5-3-4-7(11)6-9/h7-8,11-12H,3-6H2,1-2H3. The van der Waals surface area contributed by atoms with Crippen molar-refractivity contribution in [2.75, 3.05) is 0 Å². The molecule has 0 amide bonds. The van der Waals surface area contributed by atoms with Crippen molar-refractivity contribution >= 4 is 19.9 Å². The molecule has 1 fully saturated rings. The van der Waals surface area contributed by atoms with Gasteiger partial charge in [-0.15, -0.1) is 0 Å². The molecule has 1 radical (unpaired) electrons. The molecule has 1 aliphatic rings. The minimum absolute atomic E-state index is 0.0988. The predicted molar refractivity (Wildman–Crippen MR) is 57.0 cm³/mol. The molecule has 1 nitrogen and oxygen atoms in total. The zero-order chi connectivity index (χ0) is 9.19. The first-order valence-corrected chi connectivity index (χ1v) is 5.26. The molecular weight excluding hydrogens is 167 g/mol. The van der Waals surface area contributed by atoms with E-state index in [4.69, 9.17) is 0 Å². The number of rotatable bonds is 2. The van der Waals surface area contributed by atoms with E-state index in [2.05, 4.69) is 26.8 Å². The second kappa shape index (κ2) is 4.06. The number of hydrogen-bond donors (Lipinski definition) is 2. The number of thiol groups is 1. The van der Waals surface area contributed by atoms with Gasteiger partial charge in [0.1, 0.15) is 7.28 Å². The molecule has 0 spiro atoms. The van der Waals surface area contributed by atoms with Crippen LogP contribution in [0.2, 0.25) is 6.82 Å². The molecule has 0 saturated heterocycles. The second-order valence-corrected chi connectivity index (χ2v) is 4.74. The van der Waals surface area contributed by atoms with Crippen LogP contribution in [0.1, 0.15) is 32.6 Å². The van der Waals surface area contributed by atoms with Crippen LogP contribution in [0.5, 0.6) is 0 Å². The Morgan fingerprint density at radius 2 is 2.33 bits per heavy atom. The van der Waals surface area contributed by atoms with E-state index in [1.165, 1.54) is 6.42 Å².